The van der Waals surface area contributed by atoms with E-state index in [2.05, 4.69) is 17.6 Å². The highest BCUT2D eigenvalue weighted by atomic mass is 35.5. The van der Waals surface area contributed by atoms with Crippen molar-refractivity contribution in [2.75, 3.05) is 26.2 Å². The first-order valence-corrected chi connectivity index (χ1v) is 9.51. The fraction of sp³-hybridized carbons (Fsp3) is 0.409. The summed E-state index contributed by atoms with van der Waals surface area (Å²) in [5.74, 6) is 1.11. The number of carbonyl (C=O) groups is 1. The Morgan fingerprint density at radius 2 is 1.61 bits per heavy atom. The zero-order chi connectivity index (χ0) is 19.0. The van der Waals surface area contributed by atoms with Crippen molar-refractivity contribution < 1.29 is 14.3 Å². The highest BCUT2D eigenvalue weighted by molar-refractivity contribution is 5.85. The lowest BCUT2D eigenvalue weighted by molar-refractivity contribution is -0.123. The summed E-state index contributed by atoms with van der Waals surface area (Å²) in [6.45, 7) is 5.37. The third kappa shape index (κ3) is 6.73. The fourth-order valence-electron chi connectivity index (χ4n) is 3.14. The smallest absolute Gasteiger partial charge is 0.257 e. The van der Waals surface area contributed by atoms with E-state index >= 15 is 0 Å². The molecule has 3 rings (SSSR count). The molecule has 6 heteroatoms. The molecule has 0 radical (unpaired) electrons. The van der Waals surface area contributed by atoms with E-state index in [4.69, 9.17) is 9.47 Å². The summed E-state index contributed by atoms with van der Waals surface area (Å²) in [5, 5.41) is 6.36. The largest absolute Gasteiger partial charge is 0.485 e. The first-order chi connectivity index (χ1) is 13.1. The molecule has 0 atom stereocenters. The summed E-state index contributed by atoms with van der Waals surface area (Å²) < 4.78 is 11.6. The van der Waals surface area contributed by atoms with Gasteiger partial charge in [-0.15, -0.1) is 12.4 Å². The number of rotatable bonds is 8. The third-order valence-electron chi connectivity index (χ3n) is 4.97. The normalized spacial score (nSPS) is 15.2. The summed E-state index contributed by atoms with van der Waals surface area (Å²) in [6.07, 6.45) is 2.15. The average molecular weight is 405 g/mol. The van der Waals surface area contributed by atoms with E-state index in [1.54, 1.807) is 0 Å². The lowest BCUT2D eigenvalue weighted by Gasteiger charge is -2.34. The molecule has 1 aliphatic heterocycles. The van der Waals surface area contributed by atoms with Crippen LogP contribution < -0.4 is 20.1 Å². The van der Waals surface area contributed by atoms with E-state index in [0.29, 0.717) is 24.7 Å². The Morgan fingerprint density at radius 3 is 2.29 bits per heavy atom. The summed E-state index contributed by atoms with van der Waals surface area (Å²) in [5.41, 5.74) is 1.25. The number of benzene rings is 2. The van der Waals surface area contributed by atoms with Crippen molar-refractivity contribution in [1.82, 2.24) is 10.6 Å². The van der Waals surface area contributed by atoms with Crippen LogP contribution in [0.15, 0.2) is 54.6 Å². The predicted molar refractivity (Wildman–Crippen MR) is 113 cm³/mol. The minimum Gasteiger partial charge on any atom is -0.485 e. The number of para-hydroxylation sites is 2. The number of ether oxygens (including phenoxy) is 2. The van der Waals surface area contributed by atoms with Crippen LogP contribution in [0, 0.1) is 5.41 Å². The number of hydrogen-bond acceptors (Lipinski definition) is 4. The molecule has 2 aromatic rings. The van der Waals surface area contributed by atoms with Gasteiger partial charge in [-0.05, 0) is 49.0 Å². The molecule has 0 spiro atoms. The van der Waals surface area contributed by atoms with Crippen molar-refractivity contribution in [3.8, 4) is 11.5 Å². The van der Waals surface area contributed by atoms with Crippen molar-refractivity contribution in [3.05, 3.63) is 60.2 Å². The van der Waals surface area contributed by atoms with Crippen LogP contribution in [0.25, 0.3) is 0 Å². The molecule has 1 fully saturated rings. The van der Waals surface area contributed by atoms with Crippen LogP contribution in [0.3, 0.4) is 0 Å². The Balaban J connectivity index is 0.00000280. The molecule has 1 aliphatic rings. The van der Waals surface area contributed by atoms with Crippen LogP contribution in [0.2, 0.25) is 0 Å². The SMILES string of the molecule is CC1(CNC(=O)COc2ccccc2OCc2ccccc2)CCNCC1.Cl. The topological polar surface area (TPSA) is 59.6 Å². The second-order valence-corrected chi connectivity index (χ2v) is 7.35. The number of carbonyl (C=O) groups excluding carboxylic acids is 1. The molecule has 28 heavy (non-hydrogen) atoms. The minimum atomic E-state index is -0.104. The van der Waals surface area contributed by atoms with Crippen molar-refractivity contribution in [1.29, 1.82) is 0 Å². The van der Waals surface area contributed by atoms with Crippen LogP contribution >= 0.6 is 12.4 Å². The van der Waals surface area contributed by atoms with E-state index in [-0.39, 0.29) is 30.3 Å². The summed E-state index contributed by atoms with van der Waals surface area (Å²) in [6, 6.07) is 17.4. The number of halogens is 1. The lowest BCUT2D eigenvalue weighted by atomic mass is 9.81. The van der Waals surface area contributed by atoms with Crippen molar-refractivity contribution in [3.63, 3.8) is 0 Å². The molecule has 0 unspecified atom stereocenters. The highest BCUT2D eigenvalue weighted by Crippen LogP contribution is 2.28. The van der Waals surface area contributed by atoms with Gasteiger partial charge in [0.05, 0.1) is 0 Å². The fourth-order valence-corrected chi connectivity index (χ4v) is 3.14. The summed E-state index contributed by atoms with van der Waals surface area (Å²) >= 11 is 0. The Labute approximate surface area is 173 Å². The maximum atomic E-state index is 12.2. The van der Waals surface area contributed by atoms with Crippen LogP contribution in [-0.2, 0) is 11.4 Å². The van der Waals surface area contributed by atoms with Crippen LogP contribution in [0.4, 0.5) is 0 Å². The molecule has 1 amide bonds. The Hall–Kier alpha value is -2.24. The van der Waals surface area contributed by atoms with Gasteiger partial charge in [0, 0.05) is 6.54 Å². The van der Waals surface area contributed by atoms with Crippen molar-refractivity contribution in [2.24, 2.45) is 5.41 Å². The number of piperidine rings is 1. The van der Waals surface area contributed by atoms with Gasteiger partial charge in [-0.2, -0.15) is 0 Å². The van der Waals surface area contributed by atoms with Crippen LogP contribution in [0.5, 0.6) is 11.5 Å². The summed E-state index contributed by atoms with van der Waals surface area (Å²) in [4.78, 5) is 12.2. The standard InChI is InChI=1S/C22H28N2O3.ClH/c1-22(11-13-23-14-12-22)17-24-21(25)16-27-20-10-6-5-9-19(20)26-15-18-7-3-2-4-8-18;/h2-10,23H,11-17H2,1H3,(H,24,25);1H. The molecule has 152 valence electrons. The van der Waals surface area contributed by atoms with Crippen LogP contribution in [-0.4, -0.2) is 32.1 Å². The highest BCUT2D eigenvalue weighted by Gasteiger charge is 2.27. The molecule has 2 aromatic carbocycles. The Morgan fingerprint density at radius 1 is 1.00 bits per heavy atom. The zero-order valence-corrected chi connectivity index (χ0v) is 17.1. The number of nitrogens with one attached hydrogen (secondary N) is 2. The second-order valence-electron chi connectivity index (χ2n) is 7.35. The molecule has 2 N–H and O–H groups in total. The van der Waals surface area contributed by atoms with Gasteiger partial charge in [-0.1, -0.05) is 49.4 Å². The van der Waals surface area contributed by atoms with Gasteiger partial charge in [0.15, 0.2) is 18.1 Å². The number of hydrogen-bond donors (Lipinski definition) is 2. The van der Waals surface area contributed by atoms with Crippen molar-refractivity contribution in [2.45, 2.75) is 26.4 Å². The lowest BCUT2D eigenvalue weighted by Crippen LogP contribution is -2.43. The molecule has 5 nitrogen and oxygen atoms in total. The quantitative estimate of drug-likeness (QED) is 0.706. The second kappa shape index (κ2) is 10.9. The monoisotopic (exact) mass is 404 g/mol. The average Bonchev–Trinajstić information content (AvgIpc) is 2.71. The molecular weight excluding hydrogens is 376 g/mol. The van der Waals surface area contributed by atoms with Gasteiger partial charge in [0.2, 0.25) is 0 Å². The summed E-state index contributed by atoms with van der Waals surface area (Å²) in [7, 11) is 0. The maximum absolute atomic E-state index is 12.2. The van der Waals surface area contributed by atoms with E-state index in [1.807, 2.05) is 54.6 Å². The van der Waals surface area contributed by atoms with E-state index in [1.165, 1.54) is 0 Å². The predicted octanol–water partition coefficient (Wildman–Crippen LogP) is 3.57. The van der Waals surface area contributed by atoms with Gasteiger partial charge in [-0.25, -0.2) is 0 Å². The van der Waals surface area contributed by atoms with E-state index in [9.17, 15) is 4.79 Å². The first kappa shape index (κ1) is 22.1. The minimum absolute atomic E-state index is 0. The van der Waals surface area contributed by atoms with Gasteiger partial charge >= 0.3 is 0 Å². The van der Waals surface area contributed by atoms with Gasteiger partial charge in [0.1, 0.15) is 6.61 Å². The van der Waals surface area contributed by atoms with Gasteiger partial charge in [0.25, 0.3) is 5.91 Å². The molecule has 0 bridgehead atoms. The Kier molecular flexibility index (Phi) is 8.61. The van der Waals surface area contributed by atoms with E-state index < -0.39 is 0 Å². The van der Waals surface area contributed by atoms with Gasteiger partial charge < -0.3 is 20.1 Å². The third-order valence-corrected chi connectivity index (χ3v) is 4.97. The Bertz CT molecular complexity index is 734. The molecule has 0 saturated carbocycles. The van der Waals surface area contributed by atoms with Crippen LogP contribution in [0.1, 0.15) is 25.3 Å². The van der Waals surface area contributed by atoms with Gasteiger partial charge in [-0.3, -0.25) is 4.79 Å². The first-order valence-electron chi connectivity index (χ1n) is 9.51. The molecular formula is C22H29ClN2O3. The van der Waals surface area contributed by atoms with Crippen molar-refractivity contribution >= 4 is 18.3 Å². The molecule has 1 saturated heterocycles. The van der Waals surface area contributed by atoms with E-state index in [0.717, 1.165) is 31.5 Å². The maximum Gasteiger partial charge on any atom is 0.257 e. The molecule has 0 aliphatic carbocycles. The number of amides is 1. The zero-order valence-electron chi connectivity index (χ0n) is 16.3. The molecule has 1 heterocycles. The molecule has 0 aromatic heterocycles.